The standard InChI is InChI=1S/C18H26N4O2/c1-2-3-4-8-13-19-18(23)20-14-17-21-16(22-24-17)12-11-15-9-6-5-7-10-15/h5-7,9-10H,2-4,8,11-14H2,1H3,(H2,19,20,23). The number of hydrogen-bond donors (Lipinski definition) is 2. The molecule has 130 valence electrons. The normalized spacial score (nSPS) is 10.5. The Labute approximate surface area is 143 Å². The molecule has 1 heterocycles. The lowest BCUT2D eigenvalue weighted by Crippen LogP contribution is -2.35. The van der Waals surface area contributed by atoms with Crippen LogP contribution in [-0.4, -0.2) is 22.7 Å². The van der Waals surface area contributed by atoms with E-state index in [0.29, 0.717) is 18.3 Å². The van der Waals surface area contributed by atoms with E-state index in [-0.39, 0.29) is 12.6 Å². The average molecular weight is 330 g/mol. The van der Waals surface area contributed by atoms with Gasteiger partial charge in [-0.3, -0.25) is 0 Å². The number of amides is 2. The first-order valence-corrected chi connectivity index (χ1v) is 8.65. The van der Waals surface area contributed by atoms with Crippen LogP contribution in [0.2, 0.25) is 0 Å². The number of nitrogens with zero attached hydrogens (tertiary/aromatic N) is 2. The Bertz CT molecular complexity index is 598. The van der Waals surface area contributed by atoms with Crippen molar-refractivity contribution >= 4 is 6.03 Å². The van der Waals surface area contributed by atoms with Gasteiger partial charge in [0.05, 0.1) is 6.54 Å². The van der Waals surface area contributed by atoms with Crippen LogP contribution < -0.4 is 10.6 Å². The largest absolute Gasteiger partial charge is 0.338 e. The number of carbonyl (C=O) groups excluding carboxylic acids is 1. The van der Waals surface area contributed by atoms with Crippen molar-refractivity contribution in [1.82, 2.24) is 20.8 Å². The fraction of sp³-hybridized carbons (Fsp3) is 0.500. The quantitative estimate of drug-likeness (QED) is 0.655. The van der Waals surface area contributed by atoms with Gasteiger partial charge in [0.1, 0.15) is 0 Å². The SMILES string of the molecule is CCCCCCNC(=O)NCc1nc(CCc2ccccc2)no1. The second kappa shape index (κ2) is 10.4. The number of unbranched alkanes of at least 4 members (excludes halogenated alkanes) is 3. The molecular weight excluding hydrogens is 304 g/mol. The molecule has 0 radical (unpaired) electrons. The van der Waals surface area contributed by atoms with Gasteiger partial charge in [0.25, 0.3) is 0 Å². The van der Waals surface area contributed by atoms with Gasteiger partial charge in [-0.25, -0.2) is 4.79 Å². The zero-order valence-corrected chi connectivity index (χ0v) is 14.3. The highest BCUT2D eigenvalue weighted by atomic mass is 16.5. The Morgan fingerprint density at radius 3 is 2.71 bits per heavy atom. The number of benzene rings is 1. The first-order chi connectivity index (χ1) is 11.8. The molecule has 6 nitrogen and oxygen atoms in total. The number of carbonyl (C=O) groups is 1. The molecular formula is C18H26N4O2. The molecule has 2 N–H and O–H groups in total. The first kappa shape index (κ1) is 18.0. The van der Waals surface area contributed by atoms with Crippen LogP contribution in [0.5, 0.6) is 0 Å². The first-order valence-electron chi connectivity index (χ1n) is 8.65. The lowest BCUT2D eigenvalue weighted by molar-refractivity contribution is 0.238. The number of aromatic nitrogens is 2. The van der Waals surface area contributed by atoms with Crippen LogP contribution in [0.3, 0.4) is 0 Å². The minimum Gasteiger partial charge on any atom is -0.338 e. The van der Waals surface area contributed by atoms with Crippen molar-refractivity contribution in [3.63, 3.8) is 0 Å². The van der Waals surface area contributed by atoms with E-state index in [4.69, 9.17) is 4.52 Å². The molecule has 0 atom stereocenters. The van der Waals surface area contributed by atoms with E-state index >= 15 is 0 Å². The van der Waals surface area contributed by atoms with Crippen LogP contribution in [0.1, 0.15) is 49.9 Å². The van der Waals surface area contributed by atoms with E-state index in [1.807, 2.05) is 18.2 Å². The van der Waals surface area contributed by atoms with Crippen LogP contribution >= 0.6 is 0 Å². The Balaban J connectivity index is 1.63. The van der Waals surface area contributed by atoms with Crippen LogP contribution in [-0.2, 0) is 19.4 Å². The minimum atomic E-state index is -0.199. The molecule has 6 heteroatoms. The highest BCUT2D eigenvalue weighted by Crippen LogP contribution is 2.05. The van der Waals surface area contributed by atoms with Gasteiger partial charge in [0, 0.05) is 13.0 Å². The van der Waals surface area contributed by atoms with E-state index in [1.165, 1.54) is 18.4 Å². The topological polar surface area (TPSA) is 80.0 Å². The van der Waals surface area contributed by atoms with Crippen molar-refractivity contribution in [1.29, 1.82) is 0 Å². The molecule has 1 aromatic carbocycles. The molecule has 1 aromatic heterocycles. The van der Waals surface area contributed by atoms with Crippen molar-refractivity contribution in [3.8, 4) is 0 Å². The predicted octanol–water partition coefficient (Wildman–Crippen LogP) is 3.23. The third kappa shape index (κ3) is 6.81. The Kier molecular flexibility index (Phi) is 7.80. The summed E-state index contributed by atoms with van der Waals surface area (Å²) >= 11 is 0. The third-order valence-electron chi connectivity index (χ3n) is 3.71. The minimum absolute atomic E-state index is 0.199. The molecule has 0 spiro atoms. The molecule has 0 saturated heterocycles. The second-order valence-electron chi connectivity index (χ2n) is 5.76. The van der Waals surface area contributed by atoms with Gasteiger partial charge in [0.15, 0.2) is 5.82 Å². The van der Waals surface area contributed by atoms with E-state index in [0.717, 1.165) is 25.7 Å². The van der Waals surface area contributed by atoms with Crippen LogP contribution in [0.15, 0.2) is 34.9 Å². The van der Waals surface area contributed by atoms with Crippen molar-refractivity contribution in [2.75, 3.05) is 6.54 Å². The molecule has 2 amide bonds. The lowest BCUT2D eigenvalue weighted by atomic mass is 10.1. The van der Waals surface area contributed by atoms with Crippen LogP contribution in [0.25, 0.3) is 0 Å². The molecule has 0 bridgehead atoms. The number of aryl methyl sites for hydroxylation is 2. The summed E-state index contributed by atoms with van der Waals surface area (Å²) in [7, 11) is 0. The third-order valence-corrected chi connectivity index (χ3v) is 3.71. The Hall–Kier alpha value is -2.37. The Morgan fingerprint density at radius 1 is 1.08 bits per heavy atom. The summed E-state index contributed by atoms with van der Waals surface area (Å²) in [4.78, 5) is 16.0. The molecule has 0 saturated carbocycles. The zero-order valence-electron chi connectivity index (χ0n) is 14.3. The summed E-state index contributed by atoms with van der Waals surface area (Å²) in [6.45, 7) is 3.11. The maximum atomic E-state index is 11.7. The summed E-state index contributed by atoms with van der Waals surface area (Å²) in [5.41, 5.74) is 1.24. The van der Waals surface area contributed by atoms with Crippen molar-refractivity contribution in [2.24, 2.45) is 0 Å². The highest BCUT2D eigenvalue weighted by molar-refractivity contribution is 5.73. The summed E-state index contributed by atoms with van der Waals surface area (Å²) in [5, 5.41) is 9.50. The van der Waals surface area contributed by atoms with Gasteiger partial charge >= 0.3 is 6.03 Å². The van der Waals surface area contributed by atoms with Crippen molar-refractivity contribution in [2.45, 2.75) is 52.0 Å². The average Bonchev–Trinajstić information content (AvgIpc) is 3.07. The predicted molar refractivity (Wildman–Crippen MR) is 92.5 cm³/mol. The number of hydrogen-bond acceptors (Lipinski definition) is 4. The summed E-state index contributed by atoms with van der Waals surface area (Å²) in [6.07, 6.45) is 6.13. The van der Waals surface area contributed by atoms with E-state index in [1.54, 1.807) is 0 Å². The monoisotopic (exact) mass is 330 g/mol. The summed E-state index contributed by atoms with van der Waals surface area (Å²) in [6, 6.07) is 9.98. The van der Waals surface area contributed by atoms with Gasteiger partial charge in [-0.2, -0.15) is 4.98 Å². The Morgan fingerprint density at radius 2 is 1.92 bits per heavy atom. The smallest absolute Gasteiger partial charge is 0.315 e. The zero-order chi connectivity index (χ0) is 17.0. The molecule has 0 unspecified atom stereocenters. The molecule has 24 heavy (non-hydrogen) atoms. The highest BCUT2D eigenvalue weighted by Gasteiger charge is 2.08. The second-order valence-corrected chi connectivity index (χ2v) is 5.76. The molecule has 0 aliphatic carbocycles. The summed E-state index contributed by atoms with van der Waals surface area (Å²) in [5.74, 6) is 1.09. The molecule has 2 aromatic rings. The summed E-state index contributed by atoms with van der Waals surface area (Å²) < 4.78 is 5.16. The van der Waals surface area contributed by atoms with Gasteiger partial charge in [-0.1, -0.05) is 61.7 Å². The number of rotatable bonds is 10. The maximum absolute atomic E-state index is 11.7. The van der Waals surface area contributed by atoms with Crippen LogP contribution in [0.4, 0.5) is 4.79 Å². The van der Waals surface area contributed by atoms with Crippen molar-refractivity contribution < 1.29 is 9.32 Å². The number of urea groups is 1. The van der Waals surface area contributed by atoms with Gasteiger partial charge in [-0.05, 0) is 18.4 Å². The van der Waals surface area contributed by atoms with Gasteiger partial charge in [-0.15, -0.1) is 0 Å². The van der Waals surface area contributed by atoms with Gasteiger partial charge in [0.2, 0.25) is 5.89 Å². The fourth-order valence-electron chi connectivity index (χ4n) is 2.34. The van der Waals surface area contributed by atoms with E-state index < -0.39 is 0 Å². The van der Waals surface area contributed by atoms with E-state index in [9.17, 15) is 4.79 Å². The van der Waals surface area contributed by atoms with E-state index in [2.05, 4.69) is 39.8 Å². The fourth-order valence-corrected chi connectivity index (χ4v) is 2.34. The lowest BCUT2D eigenvalue weighted by Gasteiger charge is -2.05. The van der Waals surface area contributed by atoms with Gasteiger partial charge < -0.3 is 15.2 Å². The molecule has 2 rings (SSSR count). The number of nitrogens with one attached hydrogen (secondary N) is 2. The molecule has 0 aliphatic heterocycles. The van der Waals surface area contributed by atoms with Crippen LogP contribution in [0, 0.1) is 0 Å². The maximum Gasteiger partial charge on any atom is 0.315 e. The molecule has 0 aliphatic rings. The van der Waals surface area contributed by atoms with Crippen molar-refractivity contribution in [3.05, 3.63) is 47.6 Å². The molecule has 0 fully saturated rings.